The lowest BCUT2D eigenvalue weighted by Gasteiger charge is -2.18. The van der Waals surface area contributed by atoms with E-state index in [-0.39, 0.29) is 0 Å². The Kier molecular flexibility index (Phi) is 3.86. The van der Waals surface area contributed by atoms with Crippen LogP contribution in [0.2, 0.25) is 0 Å². The van der Waals surface area contributed by atoms with Crippen molar-refractivity contribution in [2.75, 3.05) is 12.4 Å². The number of benzene rings is 1. The predicted molar refractivity (Wildman–Crippen MR) is 107 cm³/mol. The molecule has 0 radical (unpaired) electrons. The molecule has 5 rings (SSSR count). The Morgan fingerprint density at radius 2 is 2.04 bits per heavy atom. The summed E-state index contributed by atoms with van der Waals surface area (Å²) < 4.78 is 5.20. The largest absolute Gasteiger partial charge is 0.480 e. The molecule has 4 aromatic rings. The van der Waals surface area contributed by atoms with Crippen molar-refractivity contribution in [3.05, 3.63) is 60.2 Å². The number of fused-ring (bicyclic) bond motifs is 2. The van der Waals surface area contributed by atoms with Crippen LogP contribution in [0, 0.1) is 0 Å². The van der Waals surface area contributed by atoms with E-state index in [2.05, 4.69) is 30.8 Å². The zero-order chi connectivity index (χ0) is 18.9. The average Bonchev–Trinajstić information content (AvgIpc) is 3.21. The molecular formula is C20H17N7O. The number of H-pyrrole nitrogens is 1. The molecule has 3 aromatic heterocycles. The van der Waals surface area contributed by atoms with Crippen molar-refractivity contribution in [3.8, 4) is 17.3 Å². The number of nitrogens with one attached hydrogen (secondary N) is 3. The maximum Gasteiger partial charge on any atom is 0.232 e. The first-order valence-corrected chi connectivity index (χ1v) is 8.80. The first kappa shape index (κ1) is 16.2. The zero-order valence-electron chi connectivity index (χ0n) is 15.1. The number of anilines is 2. The van der Waals surface area contributed by atoms with Gasteiger partial charge in [0.05, 0.1) is 36.9 Å². The lowest BCUT2D eigenvalue weighted by Crippen LogP contribution is -2.14. The quantitative estimate of drug-likeness (QED) is 0.506. The molecule has 138 valence electrons. The van der Waals surface area contributed by atoms with E-state index in [1.54, 1.807) is 25.7 Å². The van der Waals surface area contributed by atoms with Gasteiger partial charge in [0.25, 0.3) is 0 Å². The fourth-order valence-electron chi connectivity index (χ4n) is 3.19. The number of methoxy groups -OCH3 is 1. The Labute approximate surface area is 160 Å². The third-order valence-electron chi connectivity index (χ3n) is 4.61. The zero-order valence-corrected chi connectivity index (χ0v) is 15.1. The number of hydrogen-bond acceptors (Lipinski definition) is 7. The van der Waals surface area contributed by atoms with E-state index >= 15 is 0 Å². The summed E-state index contributed by atoms with van der Waals surface area (Å²) in [6, 6.07) is 8.05. The maximum atomic E-state index is 5.20. The van der Waals surface area contributed by atoms with Crippen LogP contribution < -0.4 is 15.4 Å². The smallest absolute Gasteiger partial charge is 0.232 e. The van der Waals surface area contributed by atoms with Crippen LogP contribution in [-0.2, 0) is 6.54 Å². The van der Waals surface area contributed by atoms with Crippen molar-refractivity contribution in [3.63, 3.8) is 0 Å². The third kappa shape index (κ3) is 2.90. The minimum Gasteiger partial charge on any atom is -0.480 e. The third-order valence-corrected chi connectivity index (χ3v) is 4.61. The van der Waals surface area contributed by atoms with Gasteiger partial charge in [-0.2, -0.15) is 5.10 Å². The van der Waals surface area contributed by atoms with Crippen molar-refractivity contribution in [1.82, 2.24) is 30.5 Å². The summed E-state index contributed by atoms with van der Waals surface area (Å²) in [5, 5.41) is 14.8. The molecule has 0 amide bonds. The van der Waals surface area contributed by atoms with E-state index in [1.807, 2.05) is 36.5 Å². The second-order valence-corrected chi connectivity index (χ2v) is 6.38. The minimum absolute atomic E-state index is 0.452. The van der Waals surface area contributed by atoms with Crippen LogP contribution >= 0.6 is 0 Å². The summed E-state index contributed by atoms with van der Waals surface area (Å²) in [5.41, 5.74) is 5.44. The molecule has 0 saturated heterocycles. The summed E-state index contributed by atoms with van der Waals surface area (Å²) >= 11 is 0. The van der Waals surface area contributed by atoms with Crippen LogP contribution in [0.25, 0.3) is 28.4 Å². The Balaban J connectivity index is 1.60. The van der Waals surface area contributed by atoms with Gasteiger partial charge in [-0.1, -0.05) is 0 Å². The van der Waals surface area contributed by atoms with Gasteiger partial charge in [-0.15, -0.1) is 0 Å². The van der Waals surface area contributed by atoms with Gasteiger partial charge in [0.2, 0.25) is 5.88 Å². The molecule has 0 bridgehead atoms. The fraction of sp³-hybridized carbons (Fsp3) is 0.100. The highest BCUT2D eigenvalue weighted by molar-refractivity contribution is 5.83. The standard InChI is InChI=1S/C20H17N7O/c1-28-19-11-22-10-18(25-19)17-6-12-4-5-21-9-15(12)20(26-17)24-14-3-2-13-8-23-27-16(13)7-14/h2-8,10-11,21H,9H2,1H3,(H,23,27)(H,24,26). The minimum atomic E-state index is 0.452. The second-order valence-electron chi connectivity index (χ2n) is 6.38. The number of hydrogen-bond donors (Lipinski definition) is 3. The first-order chi connectivity index (χ1) is 13.8. The van der Waals surface area contributed by atoms with Crippen LogP contribution in [0.15, 0.2) is 49.1 Å². The highest BCUT2D eigenvalue weighted by Crippen LogP contribution is 2.30. The average molecular weight is 371 g/mol. The molecule has 3 N–H and O–H groups in total. The van der Waals surface area contributed by atoms with Crippen molar-refractivity contribution in [2.45, 2.75) is 6.54 Å². The maximum absolute atomic E-state index is 5.20. The monoisotopic (exact) mass is 371 g/mol. The normalized spacial score (nSPS) is 12.5. The van der Waals surface area contributed by atoms with Crippen LogP contribution in [-0.4, -0.2) is 32.3 Å². The molecule has 0 atom stereocenters. The van der Waals surface area contributed by atoms with E-state index in [4.69, 9.17) is 9.72 Å². The molecule has 0 fully saturated rings. The number of pyridine rings is 1. The van der Waals surface area contributed by atoms with Crippen LogP contribution in [0.1, 0.15) is 11.1 Å². The summed E-state index contributed by atoms with van der Waals surface area (Å²) in [4.78, 5) is 13.5. The highest BCUT2D eigenvalue weighted by atomic mass is 16.5. The van der Waals surface area contributed by atoms with E-state index in [9.17, 15) is 0 Å². The molecular weight excluding hydrogens is 354 g/mol. The van der Waals surface area contributed by atoms with Crippen LogP contribution in [0.3, 0.4) is 0 Å². The lowest BCUT2D eigenvalue weighted by atomic mass is 10.0. The van der Waals surface area contributed by atoms with Crippen molar-refractivity contribution in [2.24, 2.45) is 0 Å². The molecule has 8 nitrogen and oxygen atoms in total. The number of ether oxygens (including phenoxy) is 1. The number of aromatic amines is 1. The fourth-order valence-corrected chi connectivity index (χ4v) is 3.19. The SMILES string of the molecule is COc1cncc(-c2cc3c(c(Nc4ccc5cn[nH]c5c4)n2)CNC=C3)n1. The Morgan fingerprint density at radius 3 is 2.96 bits per heavy atom. The van der Waals surface area contributed by atoms with Crippen LogP contribution in [0.4, 0.5) is 11.5 Å². The van der Waals surface area contributed by atoms with Crippen molar-refractivity contribution >= 4 is 28.5 Å². The number of rotatable bonds is 4. The van der Waals surface area contributed by atoms with Gasteiger partial charge in [0.15, 0.2) is 0 Å². The van der Waals surface area contributed by atoms with Gasteiger partial charge in [-0.3, -0.25) is 10.1 Å². The molecule has 4 heterocycles. The van der Waals surface area contributed by atoms with Gasteiger partial charge in [-0.25, -0.2) is 9.97 Å². The van der Waals surface area contributed by atoms with Crippen molar-refractivity contribution < 1.29 is 4.74 Å². The predicted octanol–water partition coefficient (Wildman–Crippen LogP) is 3.24. The molecule has 0 aliphatic carbocycles. The summed E-state index contributed by atoms with van der Waals surface area (Å²) in [5.74, 6) is 1.22. The Hall–Kier alpha value is -3.94. The van der Waals surface area contributed by atoms with E-state index in [0.29, 0.717) is 18.1 Å². The van der Waals surface area contributed by atoms with Gasteiger partial charge in [0.1, 0.15) is 11.5 Å². The van der Waals surface area contributed by atoms with E-state index in [0.717, 1.165) is 39.2 Å². The molecule has 0 spiro atoms. The van der Waals surface area contributed by atoms with Crippen molar-refractivity contribution in [1.29, 1.82) is 0 Å². The number of nitrogens with zero attached hydrogens (tertiary/aromatic N) is 4. The van der Waals surface area contributed by atoms with Gasteiger partial charge in [0, 0.05) is 23.2 Å². The highest BCUT2D eigenvalue weighted by Gasteiger charge is 2.16. The van der Waals surface area contributed by atoms with Gasteiger partial charge in [-0.05, 0) is 42.1 Å². The molecule has 8 heteroatoms. The van der Waals surface area contributed by atoms with E-state index in [1.165, 1.54) is 0 Å². The first-order valence-electron chi connectivity index (χ1n) is 8.80. The molecule has 1 aromatic carbocycles. The summed E-state index contributed by atoms with van der Waals surface area (Å²) in [6.07, 6.45) is 9.02. The topological polar surface area (TPSA) is 101 Å². The van der Waals surface area contributed by atoms with Gasteiger partial charge >= 0.3 is 0 Å². The molecule has 0 saturated carbocycles. The summed E-state index contributed by atoms with van der Waals surface area (Å²) in [6.45, 7) is 0.692. The summed E-state index contributed by atoms with van der Waals surface area (Å²) in [7, 11) is 1.57. The van der Waals surface area contributed by atoms with Gasteiger partial charge < -0.3 is 15.4 Å². The van der Waals surface area contributed by atoms with Crippen LogP contribution in [0.5, 0.6) is 5.88 Å². The molecule has 28 heavy (non-hydrogen) atoms. The Bertz CT molecular complexity index is 1200. The number of aromatic nitrogens is 5. The lowest BCUT2D eigenvalue weighted by molar-refractivity contribution is 0.396. The molecule has 1 aliphatic rings. The molecule has 1 aliphatic heterocycles. The molecule has 0 unspecified atom stereocenters. The Morgan fingerprint density at radius 1 is 1.07 bits per heavy atom. The second kappa shape index (κ2) is 6.66. The van der Waals surface area contributed by atoms with E-state index < -0.39 is 0 Å².